The van der Waals surface area contributed by atoms with E-state index in [9.17, 15) is 4.79 Å². The van der Waals surface area contributed by atoms with Crippen LogP contribution in [0.2, 0.25) is 10.0 Å². The standard InChI is InChI=1S/C13H7Br2Cl2NO/c14-7-4-5-9(15)11(6-7)18-13(19)8-2-1-3-10(16)12(8)17/h1-6H,(H,18,19). The number of hydrogen-bond donors (Lipinski definition) is 1. The molecule has 0 saturated heterocycles. The largest absolute Gasteiger partial charge is 0.321 e. The number of rotatable bonds is 2. The quantitative estimate of drug-likeness (QED) is 0.652. The van der Waals surface area contributed by atoms with Gasteiger partial charge in [-0.3, -0.25) is 4.79 Å². The molecule has 0 aliphatic heterocycles. The molecule has 0 radical (unpaired) electrons. The highest BCUT2D eigenvalue weighted by Crippen LogP contribution is 2.29. The Bertz CT molecular complexity index is 647. The Morgan fingerprint density at radius 1 is 1.11 bits per heavy atom. The summed E-state index contributed by atoms with van der Waals surface area (Å²) in [6.45, 7) is 0. The van der Waals surface area contributed by atoms with Crippen molar-refractivity contribution in [3.8, 4) is 0 Å². The third-order valence-electron chi connectivity index (χ3n) is 2.37. The monoisotopic (exact) mass is 421 g/mol. The summed E-state index contributed by atoms with van der Waals surface area (Å²) in [5.74, 6) is -0.314. The van der Waals surface area contributed by atoms with Gasteiger partial charge in [0.1, 0.15) is 0 Å². The lowest BCUT2D eigenvalue weighted by Crippen LogP contribution is -2.13. The van der Waals surface area contributed by atoms with Crippen molar-refractivity contribution in [3.63, 3.8) is 0 Å². The van der Waals surface area contributed by atoms with E-state index in [2.05, 4.69) is 37.2 Å². The van der Waals surface area contributed by atoms with Gasteiger partial charge < -0.3 is 5.32 Å². The molecule has 2 nitrogen and oxygen atoms in total. The van der Waals surface area contributed by atoms with Crippen LogP contribution in [-0.2, 0) is 0 Å². The maximum Gasteiger partial charge on any atom is 0.257 e. The lowest BCUT2D eigenvalue weighted by atomic mass is 10.2. The average molecular weight is 424 g/mol. The van der Waals surface area contributed by atoms with Gasteiger partial charge in [0.25, 0.3) is 5.91 Å². The smallest absolute Gasteiger partial charge is 0.257 e. The van der Waals surface area contributed by atoms with Gasteiger partial charge in [-0.15, -0.1) is 0 Å². The van der Waals surface area contributed by atoms with Crippen LogP contribution in [0.25, 0.3) is 0 Å². The lowest BCUT2D eigenvalue weighted by molar-refractivity contribution is 0.102. The van der Waals surface area contributed by atoms with Crippen molar-refractivity contribution in [3.05, 3.63) is 61.0 Å². The Kier molecular flexibility index (Phi) is 4.90. The maximum atomic E-state index is 12.2. The SMILES string of the molecule is O=C(Nc1cc(Br)ccc1Br)c1cccc(Cl)c1Cl. The molecular weight excluding hydrogens is 417 g/mol. The fourth-order valence-corrected chi connectivity index (χ4v) is 2.56. The van der Waals surface area contributed by atoms with Crippen molar-refractivity contribution < 1.29 is 4.79 Å². The number of nitrogens with one attached hydrogen (secondary N) is 1. The first-order valence-corrected chi connectivity index (χ1v) is 7.53. The van der Waals surface area contributed by atoms with E-state index in [1.54, 1.807) is 24.3 Å². The van der Waals surface area contributed by atoms with Gasteiger partial charge in [0.15, 0.2) is 0 Å². The lowest BCUT2D eigenvalue weighted by Gasteiger charge is -2.09. The first-order valence-electron chi connectivity index (χ1n) is 5.19. The number of carbonyl (C=O) groups excluding carboxylic acids is 1. The van der Waals surface area contributed by atoms with Gasteiger partial charge in [-0.25, -0.2) is 0 Å². The fourth-order valence-electron chi connectivity index (χ4n) is 1.46. The number of anilines is 1. The van der Waals surface area contributed by atoms with Gasteiger partial charge in [-0.2, -0.15) is 0 Å². The molecule has 2 aromatic carbocycles. The van der Waals surface area contributed by atoms with E-state index >= 15 is 0 Å². The van der Waals surface area contributed by atoms with E-state index in [0.29, 0.717) is 16.3 Å². The van der Waals surface area contributed by atoms with Gasteiger partial charge in [0.05, 0.1) is 21.3 Å². The molecule has 0 aromatic heterocycles. The summed E-state index contributed by atoms with van der Waals surface area (Å²) in [6.07, 6.45) is 0. The summed E-state index contributed by atoms with van der Waals surface area (Å²) in [5, 5.41) is 3.37. The molecule has 0 spiro atoms. The van der Waals surface area contributed by atoms with Crippen LogP contribution in [0.1, 0.15) is 10.4 Å². The summed E-state index contributed by atoms with van der Waals surface area (Å²) in [5.41, 5.74) is 0.983. The Hall–Kier alpha value is -0.550. The maximum absolute atomic E-state index is 12.2. The molecule has 0 unspecified atom stereocenters. The van der Waals surface area contributed by atoms with E-state index in [1.807, 2.05) is 12.1 Å². The normalized spacial score (nSPS) is 10.3. The van der Waals surface area contributed by atoms with Crippen LogP contribution in [0.5, 0.6) is 0 Å². The highest BCUT2D eigenvalue weighted by atomic mass is 79.9. The van der Waals surface area contributed by atoms with Crippen molar-refractivity contribution in [1.82, 2.24) is 0 Å². The van der Waals surface area contributed by atoms with Crippen LogP contribution in [0, 0.1) is 0 Å². The Morgan fingerprint density at radius 3 is 2.58 bits per heavy atom. The summed E-state index contributed by atoms with van der Waals surface area (Å²) in [4.78, 5) is 12.2. The van der Waals surface area contributed by atoms with Gasteiger partial charge in [0.2, 0.25) is 0 Å². The third-order valence-corrected chi connectivity index (χ3v) is 4.38. The zero-order valence-corrected chi connectivity index (χ0v) is 14.1. The van der Waals surface area contributed by atoms with E-state index in [0.717, 1.165) is 8.95 Å². The second kappa shape index (κ2) is 6.27. The highest BCUT2D eigenvalue weighted by Gasteiger charge is 2.14. The van der Waals surface area contributed by atoms with Gasteiger partial charge in [0, 0.05) is 8.95 Å². The zero-order chi connectivity index (χ0) is 14.0. The minimum Gasteiger partial charge on any atom is -0.321 e. The van der Waals surface area contributed by atoms with Crippen molar-refractivity contribution in [2.75, 3.05) is 5.32 Å². The average Bonchev–Trinajstić information content (AvgIpc) is 2.37. The van der Waals surface area contributed by atoms with Crippen molar-refractivity contribution in [2.24, 2.45) is 0 Å². The number of halogens is 4. The van der Waals surface area contributed by atoms with E-state index in [-0.39, 0.29) is 10.9 Å². The topological polar surface area (TPSA) is 29.1 Å². The molecule has 0 bridgehead atoms. The first-order chi connectivity index (χ1) is 8.99. The second-order valence-electron chi connectivity index (χ2n) is 3.68. The van der Waals surface area contributed by atoms with Crippen LogP contribution < -0.4 is 5.32 Å². The molecule has 1 N–H and O–H groups in total. The summed E-state index contributed by atoms with van der Waals surface area (Å²) in [6, 6.07) is 10.4. The summed E-state index contributed by atoms with van der Waals surface area (Å²) < 4.78 is 1.64. The van der Waals surface area contributed by atoms with Gasteiger partial charge >= 0.3 is 0 Å². The minimum absolute atomic E-state index is 0.243. The van der Waals surface area contributed by atoms with E-state index in [4.69, 9.17) is 23.2 Å². The molecule has 2 aromatic rings. The molecule has 98 valence electrons. The Labute approximate surface area is 137 Å². The molecule has 0 saturated carbocycles. The molecule has 6 heteroatoms. The van der Waals surface area contributed by atoms with E-state index in [1.165, 1.54) is 0 Å². The fraction of sp³-hybridized carbons (Fsp3) is 0. The number of benzene rings is 2. The van der Waals surface area contributed by atoms with Gasteiger partial charge in [-0.05, 0) is 46.3 Å². The summed E-state index contributed by atoms with van der Waals surface area (Å²) >= 11 is 18.6. The first kappa shape index (κ1) is 14.9. The van der Waals surface area contributed by atoms with Crippen molar-refractivity contribution >= 4 is 66.7 Å². The number of carbonyl (C=O) groups is 1. The van der Waals surface area contributed by atoms with Crippen LogP contribution in [0.4, 0.5) is 5.69 Å². The molecule has 0 fully saturated rings. The number of amides is 1. The predicted octanol–water partition coefficient (Wildman–Crippen LogP) is 5.77. The Balaban J connectivity index is 2.31. The van der Waals surface area contributed by atoms with Crippen molar-refractivity contribution in [2.45, 2.75) is 0 Å². The minimum atomic E-state index is -0.314. The third kappa shape index (κ3) is 3.51. The van der Waals surface area contributed by atoms with E-state index < -0.39 is 0 Å². The van der Waals surface area contributed by atoms with Crippen LogP contribution in [0.3, 0.4) is 0 Å². The Morgan fingerprint density at radius 2 is 1.84 bits per heavy atom. The zero-order valence-electron chi connectivity index (χ0n) is 9.38. The molecule has 1 amide bonds. The van der Waals surface area contributed by atoms with Crippen molar-refractivity contribution in [1.29, 1.82) is 0 Å². The molecule has 0 aliphatic carbocycles. The highest BCUT2D eigenvalue weighted by molar-refractivity contribution is 9.11. The molecule has 0 atom stereocenters. The molecule has 0 aliphatic rings. The van der Waals surface area contributed by atoms with Gasteiger partial charge in [-0.1, -0.05) is 45.2 Å². The van der Waals surface area contributed by atoms with Crippen LogP contribution in [-0.4, -0.2) is 5.91 Å². The molecular formula is C13H7Br2Cl2NO. The second-order valence-corrected chi connectivity index (χ2v) is 6.23. The van der Waals surface area contributed by atoms with Crippen LogP contribution >= 0.6 is 55.1 Å². The molecule has 19 heavy (non-hydrogen) atoms. The number of hydrogen-bond acceptors (Lipinski definition) is 1. The van der Waals surface area contributed by atoms with Crippen LogP contribution in [0.15, 0.2) is 45.3 Å². The predicted molar refractivity (Wildman–Crippen MR) is 86.3 cm³/mol. The molecule has 2 rings (SSSR count). The summed E-state index contributed by atoms with van der Waals surface area (Å²) in [7, 11) is 0. The molecule has 0 heterocycles.